The van der Waals surface area contributed by atoms with E-state index in [-0.39, 0.29) is 5.82 Å². The highest BCUT2D eigenvalue weighted by molar-refractivity contribution is 5.83. The second kappa shape index (κ2) is 7.23. The lowest BCUT2D eigenvalue weighted by Crippen LogP contribution is -2.31. The van der Waals surface area contributed by atoms with Gasteiger partial charge in [-0.25, -0.2) is 4.98 Å². The summed E-state index contributed by atoms with van der Waals surface area (Å²) in [6.07, 6.45) is 5.51. The highest BCUT2D eigenvalue weighted by atomic mass is 16.5. The molecule has 0 bridgehead atoms. The number of hydrogen-bond acceptors (Lipinski definition) is 6. The van der Waals surface area contributed by atoms with E-state index in [1.165, 1.54) is 19.3 Å². The molecule has 138 valence electrons. The number of benzene rings is 1. The molecular weight excluding hydrogens is 340 g/mol. The van der Waals surface area contributed by atoms with Crippen LogP contribution in [0.1, 0.15) is 37.6 Å². The number of imidazole rings is 1. The number of hydrogen-bond donors (Lipinski definition) is 1. The second-order valence-corrected chi connectivity index (χ2v) is 7.02. The van der Waals surface area contributed by atoms with Crippen molar-refractivity contribution in [1.29, 1.82) is 5.26 Å². The molecule has 0 radical (unpaired) electrons. The zero-order chi connectivity index (χ0) is 18.8. The fraction of sp³-hybridized carbons (Fsp3) is 0.400. The molecular formula is C20H22N6O. The number of nitrogens with one attached hydrogen (secondary N) is 1. The number of fused-ring (bicyclic) bond motifs is 1. The van der Waals surface area contributed by atoms with Gasteiger partial charge < -0.3 is 14.6 Å². The first-order chi connectivity index (χ1) is 13.2. The maximum absolute atomic E-state index is 9.26. The third-order valence-electron chi connectivity index (χ3n) is 5.31. The van der Waals surface area contributed by atoms with E-state index >= 15 is 0 Å². The molecule has 0 saturated heterocycles. The van der Waals surface area contributed by atoms with Gasteiger partial charge in [0.2, 0.25) is 5.82 Å². The van der Waals surface area contributed by atoms with E-state index in [2.05, 4.69) is 27.2 Å². The van der Waals surface area contributed by atoms with Crippen LogP contribution in [0.4, 0.5) is 5.82 Å². The molecule has 2 heterocycles. The van der Waals surface area contributed by atoms with Crippen LogP contribution in [0.5, 0.6) is 5.75 Å². The molecule has 3 aromatic rings. The van der Waals surface area contributed by atoms with Crippen molar-refractivity contribution >= 4 is 17.0 Å². The van der Waals surface area contributed by atoms with Gasteiger partial charge in [-0.05, 0) is 43.4 Å². The molecule has 1 fully saturated rings. The predicted molar refractivity (Wildman–Crippen MR) is 103 cm³/mol. The van der Waals surface area contributed by atoms with E-state index < -0.39 is 0 Å². The number of nitriles is 1. The molecule has 1 atom stereocenters. The van der Waals surface area contributed by atoms with E-state index in [1.807, 2.05) is 34.9 Å². The molecule has 7 heteroatoms. The Bertz CT molecular complexity index is 984. The fourth-order valence-corrected chi connectivity index (χ4v) is 3.45. The highest BCUT2D eigenvalue weighted by Gasteiger charge is 2.25. The molecule has 0 spiro atoms. The maximum atomic E-state index is 9.26. The highest BCUT2D eigenvalue weighted by Crippen LogP contribution is 2.32. The van der Waals surface area contributed by atoms with Gasteiger partial charge in [0.05, 0.1) is 13.4 Å². The summed E-state index contributed by atoms with van der Waals surface area (Å²) in [4.78, 5) is 13.1. The summed E-state index contributed by atoms with van der Waals surface area (Å²) < 4.78 is 7.24. The summed E-state index contributed by atoms with van der Waals surface area (Å²) >= 11 is 0. The Hall–Kier alpha value is -3.14. The van der Waals surface area contributed by atoms with E-state index in [4.69, 9.17) is 4.74 Å². The first-order valence-corrected chi connectivity index (χ1v) is 9.20. The maximum Gasteiger partial charge on any atom is 0.236 e. The van der Waals surface area contributed by atoms with E-state index in [0.29, 0.717) is 30.0 Å². The number of ether oxygens (including phenoxy) is 1. The van der Waals surface area contributed by atoms with Gasteiger partial charge in [0, 0.05) is 12.6 Å². The lowest BCUT2D eigenvalue weighted by molar-refractivity contribution is 0.285. The Morgan fingerprint density at radius 2 is 2.07 bits per heavy atom. The van der Waals surface area contributed by atoms with Gasteiger partial charge in [-0.3, -0.25) is 0 Å². The Kier molecular flexibility index (Phi) is 4.63. The van der Waals surface area contributed by atoms with Crippen molar-refractivity contribution in [2.45, 2.75) is 38.8 Å². The fourth-order valence-electron chi connectivity index (χ4n) is 3.45. The topological polar surface area (TPSA) is 88.7 Å². The number of anilines is 1. The van der Waals surface area contributed by atoms with Crippen LogP contribution in [0, 0.1) is 17.2 Å². The molecule has 0 amide bonds. The number of aromatic nitrogens is 4. The van der Waals surface area contributed by atoms with E-state index in [9.17, 15) is 5.26 Å². The zero-order valence-corrected chi connectivity index (χ0v) is 15.5. The number of rotatable bonds is 6. The van der Waals surface area contributed by atoms with Crippen LogP contribution in [0.25, 0.3) is 11.2 Å². The molecule has 1 saturated carbocycles. The molecule has 4 rings (SSSR count). The van der Waals surface area contributed by atoms with Gasteiger partial charge in [-0.1, -0.05) is 18.6 Å². The first kappa shape index (κ1) is 17.3. The molecule has 7 nitrogen and oxygen atoms in total. The molecule has 1 aliphatic carbocycles. The predicted octanol–water partition coefficient (Wildman–Crippen LogP) is 3.36. The van der Waals surface area contributed by atoms with Crippen molar-refractivity contribution < 1.29 is 4.74 Å². The largest absolute Gasteiger partial charge is 0.497 e. The van der Waals surface area contributed by atoms with Crippen molar-refractivity contribution in [2.75, 3.05) is 12.4 Å². The van der Waals surface area contributed by atoms with E-state index in [0.717, 1.165) is 16.8 Å². The molecule has 27 heavy (non-hydrogen) atoms. The van der Waals surface area contributed by atoms with Gasteiger partial charge in [0.25, 0.3) is 0 Å². The van der Waals surface area contributed by atoms with Crippen LogP contribution in [0.15, 0.2) is 30.6 Å². The Morgan fingerprint density at radius 1 is 1.30 bits per heavy atom. The summed E-state index contributed by atoms with van der Waals surface area (Å²) in [5.74, 6) is 2.30. The summed E-state index contributed by atoms with van der Waals surface area (Å²) in [7, 11) is 1.66. The average molecular weight is 362 g/mol. The van der Waals surface area contributed by atoms with Crippen molar-refractivity contribution in [2.24, 2.45) is 5.92 Å². The third-order valence-corrected chi connectivity index (χ3v) is 5.31. The number of methoxy groups -OCH3 is 1. The second-order valence-electron chi connectivity index (χ2n) is 7.02. The van der Waals surface area contributed by atoms with Gasteiger partial charge >= 0.3 is 0 Å². The van der Waals surface area contributed by atoms with Crippen LogP contribution in [-0.2, 0) is 6.54 Å². The minimum absolute atomic E-state index is 0.139. The molecule has 0 unspecified atom stereocenters. The SMILES string of the molecule is COc1ccc(Cn2cnc3nc(C#N)nc(N[C@H](C)C4CCC4)c32)cc1. The minimum Gasteiger partial charge on any atom is -0.497 e. The monoisotopic (exact) mass is 362 g/mol. The summed E-state index contributed by atoms with van der Waals surface area (Å²) in [5, 5.41) is 12.8. The lowest BCUT2D eigenvalue weighted by Gasteiger charge is -2.32. The Morgan fingerprint density at radius 3 is 2.70 bits per heavy atom. The summed E-state index contributed by atoms with van der Waals surface area (Å²) in [6.45, 7) is 2.82. The lowest BCUT2D eigenvalue weighted by atomic mass is 9.80. The van der Waals surface area contributed by atoms with Gasteiger partial charge in [0.15, 0.2) is 11.5 Å². The van der Waals surface area contributed by atoms with Crippen LogP contribution >= 0.6 is 0 Å². The minimum atomic E-state index is 0.139. The van der Waals surface area contributed by atoms with Crippen molar-refractivity contribution in [3.63, 3.8) is 0 Å². The molecule has 1 N–H and O–H groups in total. The van der Waals surface area contributed by atoms with Gasteiger partial charge in [-0.2, -0.15) is 15.2 Å². The van der Waals surface area contributed by atoms with Gasteiger partial charge in [0.1, 0.15) is 17.3 Å². The average Bonchev–Trinajstić information content (AvgIpc) is 3.03. The van der Waals surface area contributed by atoms with Crippen LogP contribution < -0.4 is 10.1 Å². The Balaban J connectivity index is 1.69. The van der Waals surface area contributed by atoms with Gasteiger partial charge in [-0.15, -0.1) is 0 Å². The van der Waals surface area contributed by atoms with Crippen LogP contribution in [0.2, 0.25) is 0 Å². The van der Waals surface area contributed by atoms with Crippen molar-refractivity contribution in [1.82, 2.24) is 19.5 Å². The Labute approximate surface area is 158 Å². The molecule has 1 aromatic carbocycles. The standard InChI is InChI=1S/C20H22N6O/c1-13(15-4-3-5-15)23-20-18-19(24-17(10-21)25-20)22-12-26(18)11-14-6-8-16(27-2)9-7-14/h6-9,12-13,15H,3-5,11H2,1-2H3,(H,23,24,25)/t13-/m1/s1. The third kappa shape index (κ3) is 3.43. The molecule has 2 aromatic heterocycles. The number of nitrogens with zero attached hydrogens (tertiary/aromatic N) is 5. The van der Waals surface area contributed by atoms with Crippen LogP contribution in [-0.4, -0.2) is 32.7 Å². The normalized spacial score (nSPS) is 15.1. The first-order valence-electron chi connectivity index (χ1n) is 9.20. The van der Waals surface area contributed by atoms with E-state index in [1.54, 1.807) is 13.4 Å². The smallest absolute Gasteiger partial charge is 0.236 e. The molecule has 1 aliphatic rings. The molecule has 0 aliphatic heterocycles. The summed E-state index contributed by atoms with van der Waals surface area (Å²) in [5.41, 5.74) is 2.49. The van der Waals surface area contributed by atoms with Crippen LogP contribution in [0.3, 0.4) is 0 Å². The van der Waals surface area contributed by atoms with Crippen molar-refractivity contribution in [3.05, 3.63) is 42.0 Å². The summed E-state index contributed by atoms with van der Waals surface area (Å²) in [6, 6.07) is 10.3. The zero-order valence-electron chi connectivity index (χ0n) is 15.5. The quantitative estimate of drug-likeness (QED) is 0.723. The van der Waals surface area contributed by atoms with Crippen molar-refractivity contribution in [3.8, 4) is 11.8 Å².